The highest BCUT2D eigenvalue weighted by Crippen LogP contribution is 2.42. The molecule has 2 amide bonds. The van der Waals surface area contributed by atoms with E-state index in [-0.39, 0.29) is 23.0 Å². The van der Waals surface area contributed by atoms with E-state index >= 15 is 0 Å². The number of carbonyl (C=O) groups is 1. The van der Waals surface area contributed by atoms with Gasteiger partial charge in [-0.1, -0.05) is 24.6 Å². The normalized spacial score (nSPS) is 22.8. The summed E-state index contributed by atoms with van der Waals surface area (Å²) >= 11 is 5.83. The number of rotatable bonds is 4. The molecule has 1 aliphatic heterocycles. The summed E-state index contributed by atoms with van der Waals surface area (Å²) in [6.07, 6.45) is 4.73. The molecule has 9 heteroatoms. The Labute approximate surface area is 198 Å². The monoisotopic (exact) mass is 473 g/mol. The first-order chi connectivity index (χ1) is 15.9. The molecule has 1 saturated heterocycles. The summed E-state index contributed by atoms with van der Waals surface area (Å²) in [7, 11) is 0. The smallest absolute Gasteiger partial charge is 0.320 e. The van der Waals surface area contributed by atoms with Gasteiger partial charge in [0.2, 0.25) is 0 Å². The van der Waals surface area contributed by atoms with Crippen LogP contribution in [-0.2, 0) is 6.54 Å². The number of aliphatic hydroxyl groups is 1. The molecule has 1 aromatic heterocycles. The van der Waals surface area contributed by atoms with Crippen molar-refractivity contribution in [3.63, 3.8) is 0 Å². The average molecular weight is 474 g/mol. The van der Waals surface area contributed by atoms with Gasteiger partial charge in [-0.3, -0.25) is 0 Å². The zero-order chi connectivity index (χ0) is 23.1. The zero-order valence-corrected chi connectivity index (χ0v) is 19.5. The second kappa shape index (κ2) is 9.06. The maximum Gasteiger partial charge on any atom is 0.320 e. The Morgan fingerprint density at radius 3 is 2.67 bits per heavy atom. The van der Waals surface area contributed by atoms with Crippen LogP contribution in [0.5, 0.6) is 0 Å². The number of halogens is 2. The minimum absolute atomic E-state index is 0.00594. The lowest BCUT2D eigenvalue weighted by atomic mass is 9.91. The summed E-state index contributed by atoms with van der Waals surface area (Å²) in [6.45, 7) is 5.00. The van der Waals surface area contributed by atoms with Crippen LogP contribution in [0.3, 0.4) is 0 Å². The van der Waals surface area contributed by atoms with E-state index in [9.17, 15) is 14.3 Å². The molecule has 5 rings (SSSR count). The van der Waals surface area contributed by atoms with Crippen LogP contribution in [-0.4, -0.2) is 63.1 Å². The molecule has 1 N–H and O–H groups in total. The Balaban J connectivity index is 1.28. The molecule has 33 heavy (non-hydrogen) atoms. The maximum absolute atomic E-state index is 14.0. The van der Waals surface area contributed by atoms with E-state index in [1.165, 1.54) is 12.4 Å². The molecule has 1 saturated carbocycles. The molecule has 2 aromatic rings. The number of anilines is 1. The Hall–Kier alpha value is -2.45. The summed E-state index contributed by atoms with van der Waals surface area (Å²) in [5, 5.41) is 10.4. The van der Waals surface area contributed by atoms with Crippen molar-refractivity contribution in [2.24, 2.45) is 0 Å². The molecule has 2 aliphatic carbocycles. The first-order valence-corrected chi connectivity index (χ1v) is 12.1. The number of benzene rings is 1. The molecular formula is C24H29ClFN5O2. The van der Waals surface area contributed by atoms with E-state index in [2.05, 4.69) is 21.8 Å². The number of carbonyl (C=O) groups excluding carboxylic acids is 1. The molecule has 0 bridgehead atoms. The van der Waals surface area contributed by atoms with Gasteiger partial charge in [-0.15, -0.1) is 0 Å². The number of urea groups is 1. The number of hydrogen-bond donors (Lipinski definition) is 1. The lowest BCUT2D eigenvalue weighted by molar-refractivity contribution is 0.0994. The van der Waals surface area contributed by atoms with Crippen molar-refractivity contribution < 1.29 is 14.3 Å². The minimum atomic E-state index is -0.534. The van der Waals surface area contributed by atoms with Crippen molar-refractivity contribution in [2.75, 3.05) is 31.1 Å². The van der Waals surface area contributed by atoms with Crippen LogP contribution in [0.2, 0.25) is 5.02 Å². The van der Waals surface area contributed by atoms with E-state index in [0.29, 0.717) is 39.1 Å². The van der Waals surface area contributed by atoms with Crippen LogP contribution < -0.4 is 4.90 Å². The predicted octanol–water partition coefficient (Wildman–Crippen LogP) is 4.11. The average Bonchev–Trinajstić information content (AvgIpc) is 3.08. The summed E-state index contributed by atoms with van der Waals surface area (Å²) < 4.78 is 14.0. The molecule has 3 aliphatic rings. The van der Waals surface area contributed by atoms with Gasteiger partial charge >= 0.3 is 6.03 Å². The largest absolute Gasteiger partial charge is 0.387 e. The van der Waals surface area contributed by atoms with Crippen LogP contribution in [0.1, 0.15) is 61.4 Å². The van der Waals surface area contributed by atoms with Crippen molar-refractivity contribution >= 4 is 23.4 Å². The molecule has 2 heterocycles. The summed E-state index contributed by atoms with van der Waals surface area (Å²) in [6, 6.07) is 4.96. The van der Waals surface area contributed by atoms with Gasteiger partial charge in [0.1, 0.15) is 18.0 Å². The Morgan fingerprint density at radius 2 is 2.00 bits per heavy atom. The third-order valence-corrected chi connectivity index (χ3v) is 7.53. The molecule has 0 spiro atoms. The van der Waals surface area contributed by atoms with E-state index in [0.717, 1.165) is 41.9 Å². The van der Waals surface area contributed by atoms with E-state index in [4.69, 9.17) is 11.6 Å². The summed E-state index contributed by atoms with van der Waals surface area (Å²) in [5.41, 5.74) is 2.52. The minimum Gasteiger partial charge on any atom is -0.387 e. The van der Waals surface area contributed by atoms with E-state index in [1.54, 1.807) is 12.1 Å². The van der Waals surface area contributed by atoms with Crippen molar-refractivity contribution in [1.82, 2.24) is 19.8 Å². The Morgan fingerprint density at radius 1 is 1.24 bits per heavy atom. The lowest BCUT2D eigenvalue weighted by Crippen LogP contribution is -2.56. The lowest BCUT2D eigenvalue weighted by Gasteiger charge is -2.43. The van der Waals surface area contributed by atoms with Crippen molar-refractivity contribution in [3.8, 4) is 0 Å². The summed E-state index contributed by atoms with van der Waals surface area (Å²) in [5.74, 6) is 0.629. The van der Waals surface area contributed by atoms with Crippen molar-refractivity contribution in [3.05, 3.63) is 52.2 Å². The molecule has 1 aromatic carbocycles. The number of aromatic nitrogens is 2. The van der Waals surface area contributed by atoms with E-state index < -0.39 is 11.9 Å². The molecule has 176 valence electrons. The zero-order valence-electron chi connectivity index (χ0n) is 18.8. The first-order valence-electron chi connectivity index (χ1n) is 11.7. The van der Waals surface area contributed by atoms with Gasteiger partial charge in [-0.2, -0.15) is 0 Å². The van der Waals surface area contributed by atoms with Crippen LogP contribution in [0, 0.1) is 5.82 Å². The third-order valence-electron chi connectivity index (χ3n) is 7.23. The number of fused-ring (bicyclic) bond motifs is 1. The second-order valence-corrected chi connectivity index (χ2v) is 9.77. The van der Waals surface area contributed by atoms with E-state index in [1.807, 2.05) is 9.80 Å². The summed E-state index contributed by atoms with van der Waals surface area (Å²) in [4.78, 5) is 28.3. The molecule has 7 nitrogen and oxygen atoms in total. The van der Waals surface area contributed by atoms with Crippen LogP contribution in [0.25, 0.3) is 0 Å². The fourth-order valence-electron chi connectivity index (χ4n) is 5.13. The molecule has 0 radical (unpaired) electrons. The molecule has 2 atom stereocenters. The number of nitrogens with zero attached hydrogens (tertiary/aromatic N) is 5. The van der Waals surface area contributed by atoms with Gasteiger partial charge in [0.25, 0.3) is 0 Å². The SMILES string of the molecule is C[C@@H]1C[C@@H](O)c2ncnc(N3CCN(C(=O)N(Cc4ccc(Cl)c(F)c4)C4CCC4)CC3)c21. The number of aliphatic hydroxyl groups excluding tert-OH is 1. The third kappa shape index (κ3) is 4.26. The van der Waals surface area contributed by atoms with Crippen LogP contribution in [0.4, 0.5) is 15.0 Å². The number of piperazine rings is 1. The molecule has 2 fully saturated rings. The Bertz CT molecular complexity index is 1040. The van der Waals surface area contributed by atoms with Gasteiger partial charge in [0.15, 0.2) is 0 Å². The highest BCUT2D eigenvalue weighted by atomic mass is 35.5. The fourth-order valence-corrected chi connectivity index (χ4v) is 5.25. The second-order valence-electron chi connectivity index (χ2n) is 9.37. The van der Waals surface area contributed by atoms with Gasteiger partial charge in [-0.05, 0) is 49.3 Å². The maximum atomic E-state index is 14.0. The predicted molar refractivity (Wildman–Crippen MR) is 124 cm³/mol. The number of hydrogen-bond acceptors (Lipinski definition) is 5. The van der Waals surface area contributed by atoms with Crippen molar-refractivity contribution in [1.29, 1.82) is 0 Å². The highest BCUT2D eigenvalue weighted by Gasteiger charge is 2.36. The number of amides is 2. The first kappa shape index (κ1) is 22.3. The molecule has 0 unspecified atom stereocenters. The fraction of sp³-hybridized carbons (Fsp3) is 0.542. The van der Waals surface area contributed by atoms with Crippen LogP contribution in [0.15, 0.2) is 24.5 Å². The Kier molecular flexibility index (Phi) is 6.14. The van der Waals surface area contributed by atoms with Gasteiger partial charge in [-0.25, -0.2) is 19.2 Å². The quantitative estimate of drug-likeness (QED) is 0.723. The van der Waals surface area contributed by atoms with Gasteiger partial charge < -0.3 is 19.8 Å². The standard InChI is InChI=1S/C24H29ClFN5O2/c1-15-11-20(32)22-21(15)23(28-14-27-22)29-7-9-30(10-8-29)24(33)31(17-3-2-4-17)13-16-5-6-18(25)19(26)12-16/h5-6,12,14-15,17,20,32H,2-4,7-11,13H2,1H3/t15-,20-/m1/s1. The highest BCUT2D eigenvalue weighted by molar-refractivity contribution is 6.30. The topological polar surface area (TPSA) is 72.8 Å². The molecular weight excluding hydrogens is 445 g/mol. The van der Waals surface area contributed by atoms with Crippen molar-refractivity contribution in [2.45, 2.75) is 57.2 Å². The van der Waals surface area contributed by atoms with Crippen LogP contribution >= 0.6 is 11.6 Å². The van der Waals surface area contributed by atoms with Gasteiger partial charge in [0, 0.05) is 44.3 Å². The van der Waals surface area contributed by atoms with Gasteiger partial charge in [0.05, 0.1) is 16.8 Å².